The van der Waals surface area contributed by atoms with Crippen LogP contribution in [0.2, 0.25) is 0 Å². The number of furan rings is 1. The molecule has 0 aliphatic rings. The number of nitrogens with zero attached hydrogens (tertiary/aromatic N) is 2. The normalized spacial score (nSPS) is 11.4. The van der Waals surface area contributed by atoms with Gasteiger partial charge in [-0.2, -0.15) is 13.2 Å². The highest BCUT2D eigenvalue weighted by Gasteiger charge is 2.29. The highest BCUT2D eigenvalue weighted by atomic mass is 19.4. The summed E-state index contributed by atoms with van der Waals surface area (Å²) in [7, 11) is 0. The predicted molar refractivity (Wildman–Crippen MR) is 103 cm³/mol. The summed E-state index contributed by atoms with van der Waals surface area (Å²) in [6.07, 6.45) is -3.15. The van der Waals surface area contributed by atoms with Crippen LogP contribution < -0.4 is 10.1 Å². The molecule has 32 heavy (non-hydrogen) atoms. The molecule has 2 aromatic heterocycles. The number of halogens is 4. The van der Waals surface area contributed by atoms with E-state index in [-0.39, 0.29) is 28.8 Å². The van der Waals surface area contributed by atoms with E-state index in [9.17, 15) is 22.4 Å². The van der Waals surface area contributed by atoms with Crippen LogP contribution in [-0.2, 0) is 0 Å². The number of hydrogen-bond acceptors (Lipinski definition) is 6. The molecule has 2 aromatic carbocycles. The average molecular weight is 447 g/mol. The van der Waals surface area contributed by atoms with E-state index in [4.69, 9.17) is 13.6 Å². The zero-order chi connectivity index (χ0) is 22.7. The van der Waals surface area contributed by atoms with Gasteiger partial charge in [-0.3, -0.25) is 4.79 Å². The van der Waals surface area contributed by atoms with Crippen LogP contribution in [-0.4, -0.2) is 28.9 Å². The SMILES string of the molecule is O=C(Nc1cc(-c2nnc(-c3ccco3)o2)ccc1F)c1ccccc1OCC(F)(F)F. The van der Waals surface area contributed by atoms with Crippen molar-refractivity contribution in [2.45, 2.75) is 6.18 Å². The predicted octanol–water partition coefficient (Wildman–Crippen LogP) is 5.33. The fourth-order valence-electron chi connectivity index (χ4n) is 2.72. The van der Waals surface area contributed by atoms with Gasteiger partial charge in [-0.25, -0.2) is 4.39 Å². The minimum Gasteiger partial charge on any atom is -0.483 e. The standard InChI is InChI=1S/C21H13F4N3O4/c22-14-8-7-12(19-27-28-20(32-19)17-6-3-9-30-17)10-15(14)26-18(29)13-4-1-2-5-16(13)31-11-21(23,24)25/h1-10H,11H2,(H,26,29). The molecule has 4 rings (SSSR count). The smallest absolute Gasteiger partial charge is 0.422 e. The van der Waals surface area contributed by atoms with Gasteiger partial charge in [0.1, 0.15) is 11.6 Å². The Kier molecular flexibility index (Phi) is 5.63. The number of alkyl halides is 3. The maximum atomic E-state index is 14.3. The van der Waals surface area contributed by atoms with Gasteiger partial charge < -0.3 is 18.9 Å². The third-order valence-corrected chi connectivity index (χ3v) is 4.14. The number of carbonyl (C=O) groups is 1. The molecule has 0 unspecified atom stereocenters. The molecular formula is C21H13F4N3O4. The molecule has 0 fully saturated rings. The van der Waals surface area contributed by atoms with Gasteiger partial charge in [-0.1, -0.05) is 12.1 Å². The van der Waals surface area contributed by atoms with Crippen molar-refractivity contribution in [2.75, 3.05) is 11.9 Å². The summed E-state index contributed by atoms with van der Waals surface area (Å²) < 4.78 is 67.1. The number of hydrogen-bond donors (Lipinski definition) is 1. The van der Waals surface area contributed by atoms with E-state index in [1.807, 2.05) is 0 Å². The topological polar surface area (TPSA) is 90.4 Å². The molecule has 0 atom stereocenters. The quantitative estimate of drug-likeness (QED) is 0.402. The molecule has 0 saturated carbocycles. The molecule has 2 heterocycles. The number of anilines is 1. The molecule has 0 saturated heterocycles. The second-order valence-corrected chi connectivity index (χ2v) is 6.44. The molecule has 0 spiro atoms. The zero-order valence-corrected chi connectivity index (χ0v) is 16.0. The lowest BCUT2D eigenvalue weighted by molar-refractivity contribution is -0.153. The van der Waals surface area contributed by atoms with Crippen LogP contribution in [0, 0.1) is 5.82 Å². The Labute approximate surface area is 177 Å². The fraction of sp³-hybridized carbons (Fsp3) is 0.0952. The number of nitrogens with one attached hydrogen (secondary N) is 1. The average Bonchev–Trinajstić information content (AvgIpc) is 3.45. The zero-order valence-electron chi connectivity index (χ0n) is 16.0. The van der Waals surface area contributed by atoms with Gasteiger partial charge >= 0.3 is 6.18 Å². The van der Waals surface area contributed by atoms with Crippen molar-refractivity contribution in [3.05, 3.63) is 72.2 Å². The minimum absolute atomic E-state index is 0.0424. The molecule has 0 radical (unpaired) electrons. The van der Waals surface area contributed by atoms with Crippen LogP contribution >= 0.6 is 0 Å². The van der Waals surface area contributed by atoms with Crippen molar-refractivity contribution < 1.29 is 35.9 Å². The van der Waals surface area contributed by atoms with E-state index in [1.54, 1.807) is 12.1 Å². The van der Waals surface area contributed by atoms with Gasteiger partial charge in [0, 0.05) is 5.56 Å². The maximum absolute atomic E-state index is 14.3. The highest BCUT2D eigenvalue weighted by molar-refractivity contribution is 6.06. The summed E-state index contributed by atoms with van der Waals surface area (Å²) in [6, 6.07) is 12.3. The number of ether oxygens (including phenoxy) is 1. The van der Waals surface area contributed by atoms with Crippen LogP contribution in [0.4, 0.5) is 23.2 Å². The van der Waals surface area contributed by atoms with E-state index in [2.05, 4.69) is 15.5 Å². The van der Waals surface area contributed by atoms with Crippen LogP contribution in [0.3, 0.4) is 0 Å². The molecule has 7 nitrogen and oxygen atoms in total. The summed E-state index contributed by atoms with van der Waals surface area (Å²) in [4.78, 5) is 12.6. The van der Waals surface area contributed by atoms with Gasteiger partial charge in [0.2, 0.25) is 5.89 Å². The Hall–Kier alpha value is -4.15. The van der Waals surface area contributed by atoms with Gasteiger partial charge in [0.25, 0.3) is 11.8 Å². The number of rotatable bonds is 6. The monoisotopic (exact) mass is 447 g/mol. The molecule has 1 amide bonds. The largest absolute Gasteiger partial charge is 0.483 e. The molecule has 0 aliphatic heterocycles. The number of carbonyl (C=O) groups excluding carboxylic acids is 1. The number of benzene rings is 2. The second kappa shape index (κ2) is 8.53. The molecule has 11 heteroatoms. The van der Waals surface area contributed by atoms with Gasteiger partial charge in [0.05, 0.1) is 17.5 Å². The van der Waals surface area contributed by atoms with Crippen molar-refractivity contribution in [2.24, 2.45) is 0 Å². The van der Waals surface area contributed by atoms with Gasteiger partial charge in [-0.05, 0) is 42.5 Å². The van der Waals surface area contributed by atoms with E-state index in [0.717, 1.165) is 6.07 Å². The first-order valence-electron chi connectivity index (χ1n) is 9.07. The lowest BCUT2D eigenvalue weighted by atomic mass is 10.1. The first-order chi connectivity index (χ1) is 15.3. The molecule has 1 N–H and O–H groups in total. The van der Waals surface area contributed by atoms with E-state index in [1.165, 1.54) is 42.7 Å². The van der Waals surface area contributed by atoms with E-state index < -0.39 is 24.5 Å². The summed E-state index contributed by atoms with van der Waals surface area (Å²) in [5.41, 5.74) is -0.135. The number of aromatic nitrogens is 2. The highest BCUT2D eigenvalue weighted by Crippen LogP contribution is 2.28. The fourth-order valence-corrected chi connectivity index (χ4v) is 2.72. The molecule has 4 aromatic rings. The molecule has 0 bridgehead atoms. The molecule has 0 aliphatic carbocycles. The van der Waals surface area contributed by atoms with E-state index >= 15 is 0 Å². The molecular weight excluding hydrogens is 434 g/mol. The lowest BCUT2D eigenvalue weighted by Crippen LogP contribution is -2.21. The van der Waals surface area contributed by atoms with E-state index in [0.29, 0.717) is 11.3 Å². The first-order valence-corrected chi connectivity index (χ1v) is 9.07. The van der Waals surface area contributed by atoms with Crippen LogP contribution in [0.5, 0.6) is 5.75 Å². The summed E-state index contributed by atoms with van der Waals surface area (Å²) in [5, 5.41) is 10.0. The van der Waals surface area contributed by atoms with Crippen LogP contribution in [0.15, 0.2) is 69.7 Å². The Morgan fingerprint density at radius 3 is 2.56 bits per heavy atom. The Morgan fingerprint density at radius 1 is 1.03 bits per heavy atom. The summed E-state index contributed by atoms with van der Waals surface area (Å²) in [6.45, 7) is -1.57. The first kappa shape index (κ1) is 21.1. The second-order valence-electron chi connectivity index (χ2n) is 6.44. The van der Waals surface area contributed by atoms with Crippen molar-refractivity contribution in [3.8, 4) is 28.9 Å². The van der Waals surface area contributed by atoms with Gasteiger partial charge in [-0.15, -0.1) is 10.2 Å². The lowest BCUT2D eigenvalue weighted by Gasteiger charge is -2.13. The summed E-state index contributed by atoms with van der Waals surface area (Å²) in [5.74, 6) is -1.44. The van der Waals surface area contributed by atoms with Crippen LogP contribution in [0.1, 0.15) is 10.4 Å². The Balaban J connectivity index is 1.56. The number of para-hydroxylation sites is 1. The maximum Gasteiger partial charge on any atom is 0.422 e. The minimum atomic E-state index is -4.58. The third-order valence-electron chi connectivity index (χ3n) is 4.14. The van der Waals surface area contributed by atoms with Crippen molar-refractivity contribution in [1.29, 1.82) is 0 Å². The van der Waals surface area contributed by atoms with Crippen molar-refractivity contribution in [3.63, 3.8) is 0 Å². The van der Waals surface area contributed by atoms with Crippen molar-refractivity contribution in [1.82, 2.24) is 10.2 Å². The Morgan fingerprint density at radius 2 is 1.81 bits per heavy atom. The van der Waals surface area contributed by atoms with Gasteiger partial charge in [0.15, 0.2) is 12.4 Å². The number of amides is 1. The molecule has 164 valence electrons. The van der Waals surface area contributed by atoms with Crippen LogP contribution in [0.25, 0.3) is 23.1 Å². The Bertz CT molecular complexity index is 1240. The summed E-state index contributed by atoms with van der Waals surface area (Å²) >= 11 is 0. The third kappa shape index (κ3) is 4.77. The van der Waals surface area contributed by atoms with Crippen molar-refractivity contribution >= 4 is 11.6 Å².